The molecule has 1 N–H and O–H groups in total. The number of rotatable bonds is 6. The Bertz CT molecular complexity index is 772. The van der Waals surface area contributed by atoms with Gasteiger partial charge in [0.2, 0.25) is 0 Å². The maximum atomic E-state index is 10.1. The standard InChI is InChI=1S/C22H30N4O/c1-3-9-26-13-19(17(2)23-26)12-24-15-21-11-22(27)16-25(21)14-20(24)10-18-7-5-4-6-8-18/h3-8,13,20-22,27H,1,9-12,14-16H2,2H3/t20-,21+,22-/m1/s1. The van der Waals surface area contributed by atoms with Gasteiger partial charge in [0.15, 0.2) is 0 Å². The van der Waals surface area contributed by atoms with Gasteiger partial charge in [-0.25, -0.2) is 0 Å². The molecule has 2 fully saturated rings. The second-order valence-corrected chi connectivity index (χ2v) is 8.02. The fraction of sp³-hybridized carbons (Fsp3) is 0.500. The van der Waals surface area contributed by atoms with Gasteiger partial charge in [0.25, 0.3) is 0 Å². The van der Waals surface area contributed by atoms with Crippen molar-refractivity contribution in [2.24, 2.45) is 0 Å². The van der Waals surface area contributed by atoms with Gasteiger partial charge in [-0.15, -0.1) is 6.58 Å². The number of fused-ring (bicyclic) bond motifs is 1. The molecule has 1 aromatic heterocycles. The second kappa shape index (κ2) is 7.97. The molecule has 0 bridgehead atoms. The summed E-state index contributed by atoms with van der Waals surface area (Å²) in [5.41, 5.74) is 3.77. The Morgan fingerprint density at radius 2 is 2.04 bits per heavy atom. The summed E-state index contributed by atoms with van der Waals surface area (Å²) in [6.07, 6.45) is 5.80. The van der Waals surface area contributed by atoms with E-state index in [2.05, 4.69) is 64.9 Å². The van der Waals surface area contributed by atoms with Crippen molar-refractivity contribution in [1.29, 1.82) is 0 Å². The van der Waals surface area contributed by atoms with E-state index < -0.39 is 0 Å². The van der Waals surface area contributed by atoms with Crippen LogP contribution in [0.15, 0.2) is 49.2 Å². The molecule has 1 aromatic carbocycles. The van der Waals surface area contributed by atoms with E-state index in [9.17, 15) is 5.11 Å². The SMILES string of the molecule is C=CCn1cc(CN2C[C@@H]3C[C@@H](O)CN3C[C@H]2Cc2ccccc2)c(C)n1. The van der Waals surface area contributed by atoms with Crippen molar-refractivity contribution in [3.05, 3.63) is 66.0 Å². The van der Waals surface area contributed by atoms with Gasteiger partial charge in [-0.05, 0) is 25.3 Å². The number of allylic oxidation sites excluding steroid dienone is 1. The summed E-state index contributed by atoms with van der Waals surface area (Å²) in [6.45, 7) is 10.4. The van der Waals surface area contributed by atoms with Crippen molar-refractivity contribution in [1.82, 2.24) is 19.6 Å². The number of nitrogens with zero attached hydrogens (tertiary/aromatic N) is 4. The lowest BCUT2D eigenvalue weighted by molar-refractivity contribution is 0.0444. The van der Waals surface area contributed by atoms with E-state index in [-0.39, 0.29) is 6.10 Å². The quantitative estimate of drug-likeness (QED) is 0.797. The van der Waals surface area contributed by atoms with Crippen molar-refractivity contribution >= 4 is 0 Å². The first-order chi connectivity index (χ1) is 13.1. The van der Waals surface area contributed by atoms with Crippen LogP contribution in [0, 0.1) is 6.92 Å². The summed E-state index contributed by atoms with van der Waals surface area (Å²) in [7, 11) is 0. The Kier molecular flexibility index (Phi) is 5.43. The van der Waals surface area contributed by atoms with Crippen LogP contribution in [0.1, 0.15) is 23.2 Å². The molecular weight excluding hydrogens is 336 g/mol. The van der Waals surface area contributed by atoms with Crippen molar-refractivity contribution in [3.63, 3.8) is 0 Å². The van der Waals surface area contributed by atoms with Gasteiger partial charge >= 0.3 is 0 Å². The van der Waals surface area contributed by atoms with Crippen LogP contribution < -0.4 is 0 Å². The molecule has 0 spiro atoms. The fourth-order valence-corrected chi connectivity index (χ4v) is 4.61. The third-order valence-corrected chi connectivity index (χ3v) is 5.96. The summed E-state index contributed by atoms with van der Waals surface area (Å²) in [5.74, 6) is 0. The van der Waals surface area contributed by atoms with Gasteiger partial charge in [-0.1, -0.05) is 36.4 Å². The second-order valence-electron chi connectivity index (χ2n) is 8.02. The number of benzene rings is 1. The minimum absolute atomic E-state index is 0.176. The van der Waals surface area contributed by atoms with E-state index in [1.54, 1.807) is 0 Å². The molecule has 2 aliphatic heterocycles. The molecule has 0 unspecified atom stereocenters. The summed E-state index contributed by atoms with van der Waals surface area (Å²) in [4.78, 5) is 5.09. The Labute approximate surface area is 161 Å². The highest BCUT2D eigenvalue weighted by Crippen LogP contribution is 2.28. The lowest BCUT2D eigenvalue weighted by Crippen LogP contribution is -2.56. The average Bonchev–Trinajstić information content (AvgIpc) is 3.17. The van der Waals surface area contributed by atoms with Crippen molar-refractivity contribution in [2.45, 2.75) is 51.0 Å². The maximum absolute atomic E-state index is 10.1. The lowest BCUT2D eigenvalue weighted by Gasteiger charge is -2.43. The van der Waals surface area contributed by atoms with Crippen molar-refractivity contribution < 1.29 is 5.11 Å². The van der Waals surface area contributed by atoms with Gasteiger partial charge < -0.3 is 5.11 Å². The number of aliphatic hydroxyl groups is 1. The molecule has 5 heteroatoms. The molecule has 0 amide bonds. The molecule has 0 radical (unpaired) electrons. The zero-order valence-corrected chi connectivity index (χ0v) is 16.2. The normalized spacial score (nSPS) is 26.2. The van der Waals surface area contributed by atoms with Gasteiger partial charge in [-0.3, -0.25) is 14.5 Å². The zero-order chi connectivity index (χ0) is 18.8. The predicted molar refractivity (Wildman–Crippen MR) is 107 cm³/mol. The topological polar surface area (TPSA) is 44.5 Å². The van der Waals surface area contributed by atoms with Gasteiger partial charge in [0.05, 0.1) is 18.3 Å². The number of piperazine rings is 1. The molecular formula is C22H30N4O. The van der Waals surface area contributed by atoms with Gasteiger partial charge in [0, 0.05) is 50.0 Å². The van der Waals surface area contributed by atoms with Gasteiger partial charge in [0.1, 0.15) is 0 Å². The zero-order valence-electron chi connectivity index (χ0n) is 16.2. The minimum atomic E-state index is -0.176. The third kappa shape index (κ3) is 4.15. The van der Waals surface area contributed by atoms with Crippen LogP contribution in [0.5, 0.6) is 0 Å². The number of aromatic nitrogens is 2. The third-order valence-electron chi connectivity index (χ3n) is 5.96. The van der Waals surface area contributed by atoms with Gasteiger partial charge in [-0.2, -0.15) is 5.10 Å². The highest BCUT2D eigenvalue weighted by Gasteiger charge is 2.39. The highest BCUT2D eigenvalue weighted by atomic mass is 16.3. The minimum Gasteiger partial charge on any atom is -0.392 e. The van der Waals surface area contributed by atoms with Crippen molar-refractivity contribution in [3.8, 4) is 0 Å². The van der Waals surface area contributed by atoms with Crippen LogP contribution in [0.25, 0.3) is 0 Å². The van der Waals surface area contributed by atoms with E-state index >= 15 is 0 Å². The van der Waals surface area contributed by atoms with Crippen molar-refractivity contribution in [2.75, 3.05) is 19.6 Å². The maximum Gasteiger partial charge on any atom is 0.0682 e. The molecule has 2 aromatic rings. The Hall–Kier alpha value is -1.95. The van der Waals surface area contributed by atoms with Crippen LogP contribution in [0.4, 0.5) is 0 Å². The first kappa shape index (κ1) is 18.4. The van der Waals surface area contributed by atoms with E-state index in [0.29, 0.717) is 12.1 Å². The Morgan fingerprint density at radius 1 is 1.22 bits per heavy atom. The molecule has 2 saturated heterocycles. The van der Waals surface area contributed by atoms with E-state index in [4.69, 9.17) is 0 Å². The molecule has 2 aliphatic rings. The molecule has 27 heavy (non-hydrogen) atoms. The number of hydrogen-bond acceptors (Lipinski definition) is 4. The number of hydrogen-bond donors (Lipinski definition) is 1. The van der Waals surface area contributed by atoms with E-state index in [1.807, 2.05) is 10.8 Å². The summed E-state index contributed by atoms with van der Waals surface area (Å²) in [5, 5.41) is 14.8. The first-order valence-corrected chi connectivity index (χ1v) is 9.96. The van der Waals surface area contributed by atoms with Crippen LogP contribution in [0.2, 0.25) is 0 Å². The smallest absolute Gasteiger partial charge is 0.0682 e. The van der Waals surface area contributed by atoms with E-state index in [0.717, 1.165) is 51.3 Å². The molecule has 5 nitrogen and oxygen atoms in total. The Morgan fingerprint density at radius 3 is 2.81 bits per heavy atom. The molecule has 3 atom stereocenters. The summed E-state index contributed by atoms with van der Waals surface area (Å²) >= 11 is 0. The largest absolute Gasteiger partial charge is 0.392 e. The highest BCUT2D eigenvalue weighted by molar-refractivity contribution is 5.19. The first-order valence-electron chi connectivity index (χ1n) is 9.96. The molecule has 3 heterocycles. The predicted octanol–water partition coefficient (Wildman–Crippen LogP) is 2.24. The molecule has 144 valence electrons. The average molecular weight is 367 g/mol. The lowest BCUT2D eigenvalue weighted by atomic mass is 9.99. The molecule has 0 aliphatic carbocycles. The van der Waals surface area contributed by atoms with Crippen LogP contribution >= 0.6 is 0 Å². The Balaban J connectivity index is 1.53. The van der Waals surface area contributed by atoms with E-state index in [1.165, 1.54) is 11.1 Å². The van der Waals surface area contributed by atoms with Crippen LogP contribution in [-0.4, -0.2) is 62.5 Å². The molecule has 0 saturated carbocycles. The molecule has 4 rings (SSSR count). The van der Waals surface area contributed by atoms with Crippen LogP contribution in [-0.2, 0) is 19.5 Å². The number of aliphatic hydroxyl groups excluding tert-OH is 1. The summed E-state index contributed by atoms with van der Waals surface area (Å²) < 4.78 is 1.97. The summed E-state index contributed by atoms with van der Waals surface area (Å²) in [6, 6.07) is 11.7. The van der Waals surface area contributed by atoms with Crippen LogP contribution in [0.3, 0.4) is 0 Å². The fourth-order valence-electron chi connectivity index (χ4n) is 4.61. The monoisotopic (exact) mass is 366 g/mol. The number of aryl methyl sites for hydroxylation is 1.